The van der Waals surface area contributed by atoms with Crippen LogP contribution in [0.4, 0.5) is 5.69 Å². The standard InChI is InChI=1S/C17H23N5O2/c1-24-17(23)14-11-13(5-6-15(14)18)16-12-22(20-19-16)10-9-21-7-3-2-4-8-21/h5-6,11-12H,2-4,7-10,18H2,1H3. The highest BCUT2D eigenvalue weighted by molar-refractivity contribution is 5.96. The number of nitrogens with two attached hydrogens (primary N) is 1. The van der Waals surface area contributed by atoms with E-state index in [0.717, 1.165) is 24.3 Å². The Morgan fingerprint density at radius 3 is 2.79 bits per heavy atom. The molecule has 0 radical (unpaired) electrons. The number of hydrogen-bond donors (Lipinski definition) is 1. The van der Waals surface area contributed by atoms with Gasteiger partial charge in [0.2, 0.25) is 0 Å². The largest absolute Gasteiger partial charge is 0.465 e. The normalized spacial score (nSPS) is 15.4. The number of carbonyl (C=O) groups excluding carboxylic acids is 1. The van der Waals surface area contributed by atoms with Crippen molar-refractivity contribution in [3.63, 3.8) is 0 Å². The van der Waals surface area contributed by atoms with E-state index in [-0.39, 0.29) is 0 Å². The zero-order valence-electron chi connectivity index (χ0n) is 13.9. The minimum atomic E-state index is -0.452. The van der Waals surface area contributed by atoms with Crippen molar-refractivity contribution >= 4 is 11.7 Å². The second-order valence-corrected chi connectivity index (χ2v) is 6.06. The summed E-state index contributed by atoms with van der Waals surface area (Å²) >= 11 is 0. The Morgan fingerprint density at radius 1 is 1.25 bits per heavy atom. The van der Waals surface area contributed by atoms with Gasteiger partial charge in [0.15, 0.2) is 0 Å². The van der Waals surface area contributed by atoms with Crippen molar-refractivity contribution in [3.8, 4) is 11.3 Å². The Bertz CT molecular complexity index is 707. The summed E-state index contributed by atoms with van der Waals surface area (Å²) < 4.78 is 6.60. The molecule has 1 saturated heterocycles. The fraction of sp³-hybridized carbons (Fsp3) is 0.471. The third kappa shape index (κ3) is 3.73. The number of nitrogens with zero attached hydrogens (tertiary/aromatic N) is 4. The van der Waals surface area contributed by atoms with Crippen molar-refractivity contribution in [3.05, 3.63) is 30.0 Å². The number of esters is 1. The first-order valence-electron chi connectivity index (χ1n) is 8.28. The van der Waals surface area contributed by atoms with Crippen LogP contribution in [-0.4, -0.2) is 52.6 Å². The first-order chi connectivity index (χ1) is 11.7. The van der Waals surface area contributed by atoms with Crippen molar-refractivity contribution in [2.45, 2.75) is 25.8 Å². The van der Waals surface area contributed by atoms with Gasteiger partial charge in [-0.05, 0) is 38.1 Å². The molecular weight excluding hydrogens is 306 g/mol. The zero-order valence-corrected chi connectivity index (χ0v) is 13.9. The highest BCUT2D eigenvalue weighted by Gasteiger charge is 2.14. The predicted molar refractivity (Wildman–Crippen MR) is 91.5 cm³/mol. The predicted octanol–water partition coefficient (Wildman–Crippen LogP) is 1.80. The summed E-state index contributed by atoms with van der Waals surface area (Å²) in [5.74, 6) is -0.452. The van der Waals surface area contributed by atoms with Crippen molar-refractivity contribution in [1.82, 2.24) is 19.9 Å². The van der Waals surface area contributed by atoms with Crippen molar-refractivity contribution in [1.29, 1.82) is 0 Å². The third-order valence-corrected chi connectivity index (χ3v) is 4.39. The number of rotatable bonds is 5. The third-order valence-electron chi connectivity index (χ3n) is 4.39. The van der Waals surface area contributed by atoms with E-state index in [1.807, 2.05) is 16.9 Å². The van der Waals surface area contributed by atoms with Crippen LogP contribution in [0.3, 0.4) is 0 Å². The fourth-order valence-electron chi connectivity index (χ4n) is 2.97. The van der Waals surface area contributed by atoms with E-state index >= 15 is 0 Å². The van der Waals surface area contributed by atoms with E-state index in [1.165, 1.54) is 39.5 Å². The van der Waals surface area contributed by atoms with Gasteiger partial charge >= 0.3 is 5.97 Å². The van der Waals surface area contributed by atoms with E-state index in [2.05, 4.69) is 15.2 Å². The summed E-state index contributed by atoms with van der Waals surface area (Å²) in [6.07, 6.45) is 5.80. The molecule has 7 heteroatoms. The number of aromatic nitrogens is 3. The van der Waals surface area contributed by atoms with Crippen LogP contribution in [0.25, 0.3) is 11.3 Å². The number of piperidine rings is 1. The average molecular weight is 329 g/mol. The molecular formula is C17H23N5O2. The molecule has 0 amide bonds. The molecule has 3 rings (SSSR count). The molecule has 7 nitrogen and oxygen atoms in total. The maximum absolute atomic E-state index is 11.8. The van der Waals surface area contributed by atoms with Crippen LogP contribution in [0.5, 0.6) is 0 Å². The van der Waals surface area contributed by atoms with Gasteiger partial charge in [-0.15, -0.1) is 5.10 Å². The quantitative estimate of drug-likeness (QED) is 0.665. The van der Waals surface area contributed by atoms with E-state index in [4.69, 9.17) is 10.5 Å². The van der Waals surface area contributed by atoms with Gasteiger partial charge in [-0.25, -0.2) is 4.79 Å². The summed E-state index contributed by atoms with van der Waals surface area (Å²) in [6, 6.07) is 5.22. The van der Waals surface area contributed by atoms with E-state index < -0.39 is 5.97 Å². The summed E-state index contributed by atoms with van der Waals surface area (Å²) in [5.41, 5.74) is 8.09. The van der Waals surface area contributed by atoms with Gasteiger partial charge in [-0.3, -0.25) is 4.68 Å². The molecule has 1 aliphatic heterocycles. The number of nitrogen functional groups attached to an aromatic ring is 1. The number of benzene rings is 1. The summed E-state index contributed by atoms with van der Waals surface area (Å²) in [6.45, 7) is 4.13. The molecule has 0 unspecified atom stereocenters. The number of hydrogen-bond acceptors (Lipinski definition) is 6. The molecule has 1 fully saturated rings. The monoisotopic (exact) mass is 329 g/mol. The SMILES string of the molecule is COC(=O)c1cc(-c2cn(CCN3CCCCC3)nn2)ccc1N. The Kier molecular flexibility index (Phi) is 5.10. The Hall–Kier alpha value is -2.41. The van der Waals surface area contributed by atoms with Crippen molar-refractivity contribution < 1.29 is 9.53 Å². The van der Waals surface area contributed by atoms with Crippen LogP contribution in [-0.2, 0) is 11.3 Å². The molecule has 0 saturated carbocycles. The van der Waals surface area contributed by atoms with Crippen molar-refractivity contribution in [2.24, 2.45) is 0 Å². The molecule has 0 spiro atoms. The molecule has 0 aliphatic carbocycles. The lowest BCUT2D eigenvalue weighted by atomic mass is 10.1. The highest BCUT2D eigenvalue weighted by atomic mass is 16.5. The summed E-state index contributed by atoms with van der Waals surface area (Å²) in [4.78, 5) is 14.2. The Morgan fingerprint density at radius 2 is 2.04 bits per heavy atom. The van der Waals surface area contributed by atoms with E-state index in [0.29, 0.717) is 11.3 Å². The molecule has 0 bridgehead atoms. The van der Waals surface area contributed by atoms with Gasteiger partial charge in [0.1, 0.15) is 5.69 Å². The number of carbonyl (C=O) groups is 1. The van der Waals surface area contributed by atoms with Crippen LogP contribution in [0.15, 0.2) is 24.4 Å². The minimum Gasteiger partial charge on any atom is -0.465 e. The number of ether oxygens (including phenoxy) is 1. The van der Waals surface area contributed by atoms with Gasteiger partial charge in [-0.2, -0.15) is 0 Å². The Balaban J connectivity index is 1.69. The van der Waals surface area contributed by atoms with Crippen molar-refractivity contribution in [2.75, 3.05) is 32.5 Å². The van der Waals surface area contributed by atoms with Gasteiger partial charge in [0, 0.05) is 17.8 Å². The molecule has 24 heavy (non-hydrogen) atoms. The molecule has 2 aromatic rings. The first kappa shape index (κ1) is 16.4. The maximum Gasteiger partial charge on any atom is 0.339 e. The Labute approximate surface area is 141 Å². The second kappa shape index (κ2) is 7.44. The van der Waals surface area contributed by atoms with Crippen LogP contribution >= 0.6 is 0 Å². The topological polar surface area (TPSA) is 86.3 Å². The molecule has 1 aromatic carbocycles. The maximum atomic E-state index is 11.8. The van der Waals surface area contributed by atoms with Crippen LogP contribution in [0.2, 0.25) is 0 Å². The minimum absolute atomic E-state index is 0.345. The van der Waals surface area contributed by atoms with Gasteiger partial charge in [0.05, 0.1) is 25.4 Å². The molecule has 128 valence electrons. The average Bonchev–Trinajstić information content (AvgIpc) is 3.09. The number of methoxy groups -OCH3 is 1. The molecule has 2 heterocycles. The summed E-state index contributed by atoms with van der Waals surface area (Å²) in [5, 5.41) is 8.39. The van der Waals surface area contributed by atoms with Crippen LogP contribution < -0.4 is 5.73 Å². The smallest absolute Gasteiger partial charge is 0.339 e. The molecule has 1 aliphatic rings. The summed E-state index contributed by atoms with van der Waals surface area (Å²) in [7, 11) is 1.34. The van der Waals surface area contributed by atoms with Gasteiger partial charge in [-0.1, -0.05) is 17.7 Å². The fourth-order valence-corrected chi connectivity index (χ4v) is 2.97. The second-order valence-electron chi connectivity index (χ2n) is 6.06. The molecule has 2 N–H and O–H groups in total. The van der Waals surface area contributed by atoms with Crippen LogP contribution in [0.1, 0.15) is 29.6 Å². The lowest BCUT2D eigenvalue weighted by Gasteiger charge is -2.25. The van der Waals surface area contributed by atoms with Crippen LogP contribution in [0, 0.1) is 0 Å². The lowest BCUT2D eigenvalue weighted by Crippen LogP contribution is -2.32. The zero-order chi connectivity index (χ0) is 16.9. The first-order valence-corrected chi connectivity index (χ1v) is 8.28. The number of likely N-dealkylation sites (tertiary alicyclic amines) is 1. The highest BCUT2D eigenvalue weighted by Crippen LogP contribution is 2.22. The van der Waals surface area contributed by atoms with E-state index in [9.17, 15) is 4.79 Å². The molecule has 1 aromatic heterocycles. The lowest BCUT2D eigenvalue weighted by molar-refractivity contribution is 0.0602. The van der Waals surface area contributed by atoms with Gasteiger partial charge < -0.3 is 15.4 Å². The van der Waals surface area contributed by atoms with Gasteiger partial charge in [0.25, 0.3) is 0 Å². The van der Waals surface area contributed by atoms with E-state index in [1.54, 1.807) is 12.1 Å². The molecule has 0 atom stereocenters. The number of anilines is 1.